The molecule has 0 aromatic heterocycles. The molecule has 1 aliphatic heterocycles. The molecular formula is C23H28N2O4. The molecule has 6 heteroatoms. The van der Waals surface area contributed by atoms with Crippen molar-refractivity contribution in [2.24, 2.45) is 0 Å². The van der Waals surface area contributed by atoms with Crippen molar-refractivity contribution in [1.29, 1.82) is 5.26 Å². The third-order valence-corrected chi connectivity index (χ3v) is 4.55. The molecule has 1 aromatic carbocycles. The van der Waals surface area contributed by atoms with Gasteiger partial charge >= 0.3 is 5.97 Å². The summed E-state index contributed by atoms with van der Waals surface area (Å²) in [6.45, 7) is 12.8. The van der Waals surface area contributed by atoms with Crippen molar-refractivity contribution in [2.45, 2.75) is 52.7 Å². The molecule has 0 bridgehead atoms. The predicted molar refractivity (Wildman–Crippen MR) is 113 cm³/mol. The summed E-state index contributed by atoms with van der Waals surface area (Å²) in [5.41, 5.74) is 2.90. The lowest BCUT2D eigenvalue weighted by Crippen LogP contribution is -2.46. The summed E-state index contributed by atoms with van der Waals surface area (Å²) >= 11 is 0. The molecule has 1 aliphatic rings. The Bertz CT molecular complexity index is 898. The molecule has 0 aliphatic carbocycles. The summed E-state index contributed by atoms with van der Waals surface area (Å²) in [7, 11) is 0. The Hall–Kier alpha value is -3.07. The molecule has 0 N–H and O–H groups in total. The number of ether oxygens (including phenoxy) is 2. The molecule has 0 saturated carbocycles. The minimum Gasteiger partial charge on any atom is -0.466 e. The zero-order chi connectivity index (χ0) is 21.8. The van der Waals surface area contributed by atoms with E-state index in [-0.39, 0.29) is 17.7 Å². The summed E-state index contributed by atoms with van der Waals surface area (Å²) in [5, 5.41) is 9.40. The number of fused-ring (bicyclic) bond motifs is 1. The average Bonchev–Trinajstić information content (AvgIpc) is 2.60. The van der Waals surface area contributed by atoms with Crippen LogP contribution in [0, 0.1) is 11.3 Å². The molecular weight excluding hydrogens is 368 g/mol. The molecule has 0 atom stereocenters. The van der Waals surface area contributed by atoms with Crippen molar-refractivity contribution in [1.82, 2.24) is 0 Å². The fraction of sp³-hybridized carbons (Fsp3) is 0.435. The molecule has 0 amide bonds. The maximum Gasteiger partial charge on any atom is 0.349 e. The van der Waals surface area contributed by atoms with Crippen LogP contribution in [0.15, 0.2) is 29.8 Å². The van der Waals surface area contributed by atoms with Crippen molar-refractivity contribution in [2.75, 3.05) is 18.1 Å². The molecule has 0 fully saturated rings. The Morgan fingerprint density at radius 1 is 1.31 bits per heavy atom. The maximum absolute atomic E-state index is 12.3. The van der Waals surface area contributed by atoms with E-state index in [4.69, 9.17) is 9.47 Å². The molecule has 0 saturated heterocycles. The van der Waals surface area contributed by atoms with E-state index in [1.165, 1.54) is 0 Å². The third-order valence-electron chi connectivity index (χ3n) is 4.55. The van der Waals surface area contributed by atoms with Gasteiger partial charge in [-0.1, -0.05) is 12.1 Å². The summed E-state index contributed by atoms with van der Waals surface area (Å²) in [4.78, 5) is 24.9. The Morgan fingerprint density at radius 3 is 2.59 bits per heavy atom. The fourth-order valence-electron chi connectivity index (χ4n) is 3.43. The van der Waals surface area contributed by atoms with E-state index >= 15 is 0 Å². The van der Waals surface area contributed by atoms with Crippen LogP contribution < -0.4 is 4.90 Å². The van der Waals surface area contributed by atoms with Crippen molar-refractivity contribution in [3.05, 3.63) is 41.0 Å². The number of allylic oxidation sites excluding steroid dienone is 1. The lowest BCUT2D eigenvalue weighted by Gasteiger charge is -2.43. The second-order valence-electron chi connectivity index (χ2n) is 8.55. The normalized spacial score (nSPS) is 15.7. The van der Waals surface area contributed by atoms with Crippen LogP contribution in [0.1, 0.15) is 52.7 Å². The summed E-state index contributed by atoms with van der Waals surface area (Å²) < 4.78 is 10.2. The fourth-order valence-corrected chi connectivity index (χ4v) is 3.43. The minimum atomic E-state index is -0.669. The van der Waals surface area contributed by atoms with Gasteiger partial charge in [-0.05, 0) is 70.9 Å². The molecule has 0 spiro atoms. The summed E-state index contributed by atoms with van der Waals surface area (Å²) in [6.07, 6.45) is 3.70. The lowest BCUT2D eigenvalue weighted by atomic mass is 9.88. The number of hydrogen-bond acceptors (Lipinski definition) is 6. The Balaban J connectivity index is 2.41. The zero-order valence-electron chi connectivity index (χ0n) is 17.9. The average molecular weight is 396 g/mol. The number of nitrogens with zero attached hydrogens (tertiary/aromatic N) is 2. The first kappa shape index (κ1) is 22.2. The largest absolute Gasteiger partial charge is 0.466 e. The quantitative estimate of drug-likeness (QED) is 0.237. The van der Waals surface area contributed by atoms with Crippen molar-refractivity contribution in [3.8, 4) is 6.07 Å². The Morgan fingerprint density at radius 2 is 2.00 bits per heavy atom. The number of benzene rings is 1. The highest BCUT2D eigenvalue weighted by molar-refractivity contribution is 5.98. The van der Waals surface area contributed by atoms with E-state index in [9.17, 15) is 14.9 Å². The van der Waals surface area contributed by atoms with Gasteiger partial charge in [0.25, 0.3) is 6.47 Å². The second-order valence-corrected chi connectivity index (χ2v) is 8.55. The minimum absolute atomic E-state index is 0.0473. The van der Waals surface area contributed by atoms with Gasteiger partial charge in [-0.15, -0.1) is 0 Å². The molecule has 1 aromatic rings. The topological polar surface area (TPSA) is 79.6 Å². The number of nitriles is 1. The van der Waals surface area contributed by atoms with Crippen LogP contribution in [0.5, 0.6) is 0 Å². The number of esters is 1. The highest BCUT2D eigenvalue weighted by Gasteiger charge is 2.31. The van der Waals surface area contributed by atoms with E-state index in [1.54, 1.807) is 26.8 Å². The first-order chi connectivity index (χ1) is 13.5. The van der Waals surface area contributed by atoms with E-state index in [2.05, 4.69) is 24.8 Å². The van der Waals surface area contributed by atoms with E-state index in [0.29, 0.717) is 13.0 Å². The molecule has 2 rings (SSSR count). The highest BCUT2D eigenvalue weighted by Crippen LogP contribution is 2.39. The van der Waals surface area contributed by atoms with Crippen LogP contribution in [0.3, 0.4) is 0 Å². The van der Waals surface area contributed by atoms with Crippen LogP contribution in [0.2, 0.25) is 0 Å². The van der Waals surface area contributed by atoms with Gasteiger partial charge in [-0.25, -0.2) is 4.79 Å². The summed E-state index contributed by atoms with van der Waals surface area (Å²) in [5.74, 6) is -0.640. The smallest absolute Gasteiger partial charge is 0.349 e. The van der Waals surface area contributed by atoms with Crippen LogP contribution in [-0.2, 0) is 19.1 Å². The van der Waals surface area contributed by atoms with Gasteiger partial charge in [0.1, 0.15) is 23.9 Å². The number of carbonyl (C=O) groups excluding carboxylic acids is 2. The van der Waals surface area contributed by atoms with Crippen LogP contribution >= 0.6 is 0 Å². The SMILES string of the molecule is CC1=CC(C)(C)N(CCOC=O)c2ccc(/C=C(\C#N)C(=O)OC(C)(C)C)cc21. The number of anilines is 1. The number of rotatable bonds is 6. The van der Waals surface area contributed by atoms with Gasteiger partial charge in [-0.3, -0.25) is 4.79 Å². The van der Waals surface area contributed by atoms with Gasteiger partial charge in [-0.2, -0.15) is 5.26 Å². The van der Waals surface area contributed by atoms with Crippen molar-refractivity contribution < 1.29 is 19.1 Å². The summed E-state index contributed by atoms with van der Waals surface area (Å²) in [6, 6.07) is 7.71. The highest BCUT2D eigenvalue weighted by atomic mass is 16.6. The first-order valence-corrected chi connectivity index (χ1v) is 9.50. The monoisotopic (exact) mass is 396 g/mol. The number of carbonyl (C=O) groups is 2. The van der Waals surface area contributed by atoms with E-state index in [1.807, 2.05) is 31.2 Å². The van der Waals surface area contributed by atoms with Crippen molar-refractivity contribution in [3.63, 3.8) is 0 Å². The standard InChI is InChI=1S/C23H28N2O4/c1-16-13-23(5,6)25(9-10-28-15-26)20-8-7-17(12-19(16)20)11-18(14-24)21(27)29-22(2,3)4/h7-8,11-13,15H,9-10H2,1-6H3/b18-11+. The Labute approximate surface area is 172 Å². The van der Waals surface area contributed by atoms with E-state index in [0.717, 1.165) is 22.4 Å². The van der Waals surface area contributed by atoms with Gasteiger partial charge in [0, 0.05) is 11.3 Å². The second kappa shape index (κ2) is 8.52. The molecule has 1 heterocycles. The van der Waals surface area contributed by atoms with Gasteiger partial charge in [0.2, 0.25) is 0 Å². The van der Waals surface area contributed by atoms with Gasteiger partial charge < -0.3 is 14.4 Å². The van der Waals surface area contributed by atoms with Crippen LogP contribution in [0.25, 0.3) is 11.6 Å². The number of hydrogen-bond donors (Lipinski definition) is 0. The van der Waals surface area contributed by atoms with Crippen LogP contribution in [0.4, 0.5) is 5.69 Å². The van der Waals surface area contributed by atoms with Crippen molar-refractivity contribution >= 4 is 29.8 Å². The van der Waals surface area contributed by atoms with E-state index < -0.39 is 11.6 Å². The molecule has 29 heavy (non-hydrogen) atoms. The van der Waals surface area contributed by atoms with Gasteiger partial charge in [0.15, 0.2) is 0 Å². The third kappa shape index (κ3) is 5.47. The molecule has 6 nitrogen and oxygen atoms in total. The molecule has 0 radical (unpaired) electrons. The zero-order valence-corrected chi connectivity index (χ0v) is 17.9. The lowest BCUT2D eigenvalue weighted by molar-refractivity contribution is -0.149. The molecule has 0 unspecified atom stereocenters. The first-order valence-electron chi connectivity index (χ1n) is 9.50. The van der Waals surface area contributed by atoms with Crippen LogP contribution in [-0.4, -0.2) is 36.7 Å². The molecule has 154 valence electrons. The predicted octanol–water partition coefficient (Wildman–Crippen LogP) is 4.11. The maximum atomic E-state index is 12.3. The Kier molecular flexibility index (Phi) is 6.53. The van der Waals surface area contributed by atoms with Gasteiger partial charge in [0.05, 0.1) is 12.1 Å².